The van der Waals surface area contributed by atoms with Crippen molar-refractivity contribution in [3.8, 4) is 0 Å². The van der Waals surface area contributed by atoms with E-state index in [9.17, 15) is 0 Å². The van der Waals surface area contributed by atoms with Gasteiger partial charge in [0.25, 0.3) is 0 Å². The van der Waals surface area contributed by atoms with Crippen molar-refractivity contribution in [1.82, 2.24) is 20.2 Å². The number of nitrogens with zero attached hydrogens (tertiary/aromatic N) is 5. The summed E-state index contributed by atoms with van der Waals surface area (Å²) in [6.45, 7) is 7.95. The first-order valence-electron chi connectivity index (χ1n) is 7.93. The molecule has 2 aromatic rings. The normalized spacial score (nSPS) is 23.0. The number of rotatable bonds is 2. The van der Waals surface area contributed by atoms with Crippen LogP contribution in [0.25, 0.3) is 0 Å². The third-order valence-electron chi connectivity index (χ3n) is 5.14. The predicted molar refractivity (Wildman–Crippen MR) is 81.8 cm³/mol. The number of piperidine rings is 1. The lowest BCUT2D eigenvalue weighted by molar-refractivity contribution is 0.348. The topological polar surface area (TPSA) is 67.9 Å². The maximum atomic E-state index is 5.62. The predicted octanol–water partition coefficient (Wildman–Crippen LogP) is 2.56. The molecule has 4 rings (SSSR count). The number of hydrogen-bond acceptors (Lipinski definition) is 6. The Morgan fingerprint density at radius 1 is 1.18 bits per heavy atom. The molecule has 1 aliphatic carbocycles. The van der Waals surface area contributed by atoms with Crippen molar-refractivity contribution in [1.29, 1.82) is 0 Å². The molecule has 1 aliphatic heterocycles. The van der Waals surface area contributed by atoms with Gasteiger partial charge in [-0.2, -0.15) is 0 Å². The lowest BCUT2D eigenvalue weighted by Crippen LogP contribution is -2.36. The van der Waals surface area contributed by atoms with Gasteiger partial charge in [0.15, 0.2) is 0 Å². The van der Waals surface area contributed by atoms with Crippen LogP contribution in [0.2, 0.25) is 0 Å². The van der Waals surface area contributed by atoms with Crippen LogP contribution in [-0.4, -0.2) is 33.3 Å². The van der Waals surface area contributed by atoms with Crippen LogP contribution in [-0.2, 0) is 0 Å². The van der Waals surface area contributed by atoms with Crippen LogP contribution in [0.1, 0.15) is 48.3 Å². The minimum Gasteiger partial charge on any atom is -0.425 e. The summed E-state index contributed by atoms with van der Waals surface area (Å²) in [6.07, 6.45) is 5.34. The highest BCUT2D eigenvalue weighted by Crippen LogP contribution is 2.64. The van der Waals surface area contributed by atoms with Crippen molar-refractivity contribution in [3.05, 3.63) is 29.4 Å². The third kappa shape index (κ3) is 2.17. The van der Waals surface area contributed by atoms with Gasteiger partial charge >= 0.3 is 0 Å². The summed E-state index contributed by atoms with van der Waals surface area (Å²) >= 11 is 0. The molecule has 2 aliphatic rings. The van der Waals surface area contributed by atoms with Gasteiger partial charge in [0.2, 0.25) is 11.8 Å². The highest BCUT2D eigenvalue weighted by Gasteiger charge is 2.58. The standard InChI is InChI=1S/C16H21N5O/c1-10-9-17-11(2)14(18-10)21-6-4-16(5-7-21)8-13(16)15-20-19-12(3)22-15/h9,13H,4-8H2,1-3H3. The van der Waals surface area contributed by atoms with E-state index >= 15 is 0 Å². The second-order valence-corrected chi connectivity index (χ2v) is 6.69. The van der Waals surface area contributed by atoms with Gasteiger partial charge in [0, 0.05) is 32.1 Å². The van der Waals surface area contributed by atoms with Crippen molar-refractivity contribution in [2.45, 2.75) is 46.0 Å². The Balaban J connectivity index is 1.46. The molecular formula is C16H21N5O. The third-order valence-corrected chi connectivity index (χ3v) is 5.14. The first-order valence-corrected chi connectivity index (χ1v) is 7.93. The summed E-state index contributed by atoms with van der Waals surface area (Å²) in [5.41, 5.74) is 2.37. The molecule has 1 atom stereocenters. The maximum Gasteiger partial charge on any atom is 0.220 e. The van der Waals surface area contributed by atoms with E-state index in [0.717, 1.165) is 49.0 Å². The number of hydrogen-bond donors (Lipinski definition) is 0. The van der Waals surface area contributed by atoms with Crippen LogP contribution >= 0.6 is 0 Å². The zero-order valence-electron chi connectivity index (χ0n) is 13.3. The fraction of sp³-hybridized carbons (Fsp3) is 0.625. The average Bonchev–Trinajstić information content (AvgIpc) is 3.02. The molecule has 0 bridgehead atoms. The molecule has 0 aromatic carbocycles. The van der Waals surface area contributed by atoms with Gasteiger partial charge in [0.1, 0.15) is 5.82 Å². The molecule has 6 nitrogen and oxygen atoms in total. The number of aryl methyl sites for hydroxylation is 3. The highest BCUT2D eigenvalue weighted by atomic mass is 16.4. The second kappa shape index (κ2) is 4.76. The Morgan fingerprint density at radius 3 is 2.64 bits per heavy atom. The van der Waals surface area contributed by atoms with Gasteiger partial charge in [0.05, 0.1) is 11.4 Å². The smallest absolute Gasteiger partial charge is 0.220 e. The van der Waals surface area contributed by atoms with Crippen LogP contribution in [0.3, 0.4) is 0 Å². The summed E-state index contributed by atoms with van der Waals surface area (Å²) in [4.78, 5) is 11.5. The van der Waals surface area contributed by atoms with Crippen LogP contribution in [0, 0.1) is 26.2 Å². The fourth-order valence-corrected chi connectivity index (χ4v) is 3.69. The summed E-state index contributed by atoms with van der Waals surface area (Å²) in [7, 11) is 0. The van der Waals surface area contributed by atoms with Crippen molar-refractivity contribution in [2.75, 3.05) is 18.0 Å². The van der Waals surface area contributed by atoms with E-state index in [-0.39, 0.29) is 0 Å². The fourth-order valence-electron chi connectivity index (χ4n) is 3.69. The summed E-state index contributed by atoms with van der Waals surface area (Å²) in [5, 5.41) is 8.17. The Hall–Kier alpha value is -1.98. The van der Waals surface area contributed by atoms with Crippen LogP contribution in [0.5, 0.6) is 0 Å². The first kappa shape index (κ1) is 13.7. The molecule has 0 radical (unpaired) electrons. The van der Waals surface area contributed by atoms with E-state index in [4.69, 9.17) is 4.42 Å². The van der Waals surface area contributed by atoms with Crippen LogP contribution in [0.15, 0.2) is 10.6 Å². The zero-order chi connectivity index (χ0) is 15.3. The second-order valence-electron chi connectivity index (χ2n) is 6.69. The molecule has 22 heavy (non-hydrogen) atoms. The van der Waals surface area contributed by atoms with Crippen LogP contribution in [0.4, 0.5) is 5.82 Å². The van der Waals surface area contributed by atoms with Crippen molar-refractivity contribution in [2.24, 2.45) is 5.41 Å². The molecule has 116 valence electrons. The van der Waals surface area contributed by atoms with E-state index in [1.807, 2.05) is 27.0 Å². The van der Waals surface area contributed by atoms with Crippen molar-refractivity contribution >= 4 is 5.82 Å². The molecular weight excluding hydrogens is 278 g/mol. The minimum atomic E-state index is 0.376. The Morgan fingerprint density at radius 2 is 1.95 bits per heavy atom. The molecule has 2 aromatic heterocycles. The highest BCUT2D eigenvalue weighted by molar-refractivity contribution is 5.44. The SMILES string of the molecule is Cc1cnc(C)c(N2CCC3(CC2)CC3c2nnc(C)o2)n1. The quantitative estimate of drug-likeness (QED) is 0.849. The molecule has 0 amide bonds. The molecule has 2 fully saturated rings. The Bertz CT molecular complexity index is 702. The Kier molecular flexibility index (Phi) is 2.96. The largest absolute Gasteiger partial charge is 0.425 e. The van der Waals surface area contributed by atoms with Gasteiger partial charge in [-0.05, 0) is 38.5 Å². The molecule has 1 spiro atoms. The van der Waals surface area contributed by atoms with Gasteiger partial charge in [-0.25, -0.2) is 4.98 Å². The summed E-state index contributed by atoms with van der Waals surface area (Å²) in [6, 6.07) is 0. The van der Waals surface area contributed by atoms with E-state index in [1.165, 1.54) is 6.42 Å². The maximum absolute atomic E-state index is 5.62. The zero-order valence-corrected chi connectivity index (χ0v) is 13.3. The number of anilines is 1. The summed E-state index contributed by atoms with van der Waals surface area (Å²) in [5.74, 6) is 3.00. The van der Waals surface area contributed by atoms with E-state index in [1.54, 1.807) is 0 Å². The molecule has 1 saturated carbocycles. The Labute approximate surface area is 130 Å². The molecule has 0 N–H and O–H groups in total. The molecule has 6 heteroatoms. The lowest BCUT2D eigenvalue weighted by atomic mass is 9.90. The van der Waals surface area contributed by atoms with E-state index in [2.05, 4.69) is 25.1 Å². The van der Waals surface area contributed by atoms with E-state index < -0.39 is 0 Å². The average molecular weight is 299 g/mol. The van der Waals surface area contributed by atoms with E-state index in [0.29, 0.717) is 17.2 Å². The molecule has 3 heterocycles. The van der Waals surface area contributed by atoms with Gasteiger partial charge < -0.3 is 9.32 Å². The molecule has 1 saturated heterocycles. The molecule has 1 unspecified atom stereocenters. The first-order chi connectivity index (χ1) is 10.6. The summed E-state index contributed by atoms with van der Waals surface area (Å²) < 4.78 is 5.62. The van der Waals surface area contributed by atoms with Crippen molar-refractivity contribution < 1.29 is 4.42 Å². The van der Waals surface area contributed by atoms with Crippen molar-refractivity contribution in [3.63, 3.8) is 0 Å². The monoisotopic (exact) mass is 299 g/mol. The lowest BCUT2D eigenvalue weighted by Gasteiger charge is -2.34. The van der Waals surface area contributed by atoms with Crippen LogP contribution < -0.4 is 4.90 Å². The van der Waals surface area contributed by atoms with Gasteiger partial charge in [-0.3, -0.25) is 4.98 Å². The minimum absolute atomic E-state index is 0.376. The number of aromatic nitrogens is 4. The van der Waals surface area contributed by atoms with Gasteiger partial charge in [-0.1, -0.05) is 0 Å². The van der Waals surface area contributed by atoms with Gasteiger partial charge in [-0.15, -0.1) is 10.2 Å².